The second kappa shape index (κ2) is 4.16. The zero-order chi connectivity index (χ0) is 12.7. The highest BCUT2D eigenvalue weighted by Crippen LogP contribution is 2.37. The third-order valence-corrected chi connectivity index (χ3v) is 3.76. The molecule has 0 radical (unpaired) electrons. The van der Waals surface area contributed by atoms with E-state index in [9.17, 15) is 18.4 Å². The Labute approximate surface area is 99.6 Å². The maximum absolute atomic E-state index is 12.3. The van der Waals surface area contributed by atoms with Gasteiger partial charge in [-0.3, -0.25) is 9.55 Å². The van der Waals surface area contributed by atoms with E-state index in [0.29, 0.717) is 24.4 Å². The maximum Gasteiger partial charge on any atom is 0.445 e. The molecule has 0 saturated carbocycles. The molecule has 17 heavy (non-hydrogen) atoms. The summed E-state index contributed by atoms with van der Waals surface area (Å²) in [4.78, 5) is 1.88. The number of alkyl halides is 3. The summed E-state index contributed by atoms with van der Waals surface area (Å²) in [6.07, 6.45) is -4.53. The van der Waals surface area contributed by atoms with Crippen molar-refractivity contribution in [2.45, 2.75) is 13.1 Å². The predicted octanol–water partition coefficient (Wildman–Crippen LogP) is 1.65. The molecule has 9 heteroatoms. The van der Waals surface area contributed by atoms with E-state index < -0.39 is 15.8 Å². The molecule has 2 rings (SSSR count). The summed E-state index contributed by atoms with van der Waals surface area (Å²) >= 11 is 0.334. The number of hydrogen-bond donors (Lipinski definition) is 0. The van der Waals surface area contributed by atoms with Crippen LogP contribution < -0.4 is 4.65 Å². The molecule has 0 aromatic carbocycles. The first-order valence-electron chi connectivity index (χ1n) is 5.07. The average molecular weight is 268 g/mol. The Bertz CT molecular complexity index is 410. The van der Waals surface area contributed by atoms with Crippen LogP contribution in [0.4, 0.5) is 18.3 Å². The Morgan fingerprint density at radius 3 is 2.65 bits per heavy atom. The van der Waals surface area contributed by atoms with E-state index in [1.807, 2.05) is 11.8 Å². The van der Waals surface area contributed by atoms with Crippen LogP contribution in [0.5, 0.6) is 0 Å². The molecule has 0 N–H and O–H groups in total. The molecule has 0 amide bonds. The number of hydroxylamine groups is 2. The molecule has 1 atom stereocenters. The number of halogens is 3. The van der Waals surface area contributed by atoms with Crippen molar-refractivity contribution in [1.29, 1.82) is 0 Å². The maximum atomic E-state index is 12.3. The molecule has 1 aromatic rings. The first kappa shape index (κ1) is 12.7. The lowest BCUT2D eigenvalue weighted by molar-refractivity contribution is -0.138. The van der Waals surface area contributed by atoms with Crippen LogP contribution in [-0.2, 0) is 6.18 Å². The van der Waals surface area contributed by atoms with Crippen molar-refractivity contribution < 1.29 is 13.2 Å². The van der Waals surface area contributed by atoms with Crippen LogP contribution in [0, 0.1) is 5.21 Å². The smallest absolute Gasteiger partial charge is 0.445 e. The van der Waals surface area contributed by atoms with Gasteiger partial charge in [0, 0.05) is 6.54 Å². The molecule has 1 aromatic heterocycles. The minimum atomic E-state index is -4.53. The molecule has 1 unspecified atom stereocenters. The standard InChI is InChI=1S/C8H11F3N4OS/c1-2-14-3-4-15(16,5-14)7-13-12-6(17-7)8(9,10)11/h2-5H2,1H3. The fourth-order valence-electron chi connectivity index (χ4n) is 1.68. The summed E-state index contributed by atoms with van der Waals surface area (Å²) in [5.41, 5.74) is 0. The zero-order valence-electron chi connectivity index (χ0n) is 9.07. The normalized spacial score (nSPS) is 26.6. The van der Waals surface area contributed by atoms with E-state index in [4.69, 9.17) is 0 Å². The van der Waals surface area contributed by atoms with Crippen molar-refractivity contribution in [2.24, 2.45) is 0 Å². The van der Waals surface area contributed by atoms with E-state index in [2.05, 4.69) is 10.2 Å². The number of aromatic nitrogens is 2. The quantitative estimate of drug-likeness (QED) is 0.604. The summed E-state index contributed by atoms with van der Waals surface area (Å²) in [5, 5.41) is 17.5. The Kier molecular flexibility index (Phi) is 3.10. The Morgan fingerprint density at radius 1 is 1.47 bits per heavy atom. The minimum Gasteiger partial charge on any atom is -0.625 e. The lowest BCUT2D eigenvalue weighted by Gasteiger charge is -2.33. The topological polar surface area (TPSA) is 52.1 Å². The summed E-state index contributed by atoms with van der Waals surface area (Å²) in [5.74, 6) is 0. The van der Waals surface area contributed by atoms with Crippen LogP contribution >= 0.6 is 11.3 Å². The second-order valence-electron chi connectivity index (χ2n) is 3.85. The molecule has 1 saturated heterocycles. The third-order valence-electron chi connectivity index (χ3n) is 2.66. The highest BCUT2D eigenvalue weighted by Gasteiger charge is 2.40. The van der Waals surface area contributed by atoms with Crippen LogP contribution in [0.25, 0.3) is 0 Å². The van der Waals surface area contributed by atoms with Crippen molar-refractivity contribution in [3.05, 3.63) is 10.2 Å². The van der Waals surface area contributed by atoms with E-state index >= 15 is 0 Å². The molecule has 0 spiro atoms. The number of nitrogens with zero attached hydrogens (tertiary/aromatic N) is 4. The highest BCUT2D eigenvalue weighted by atomic mass is 32.1. The van der Waals surface area contributed by atoms with Gasteiger partial charge in [0.2, 0.25) is 5.01 Å². The van der Waals surface area contributed by atoms with Crippen molar-refractivity contribution in [3.63, 3.8) is 0 Å². The van der Waals surface area contributed by atoms with E-state index in [0.717, 1.165) is 0 Å². The molecule has 1 aliphatic rings. The lowest BCUT2D eigenvalue weighted by atomic mass is 10.6. The fraction of sp³-hybridized carbons (Fsp3) is 0.750. The second-order valence-corrected chi connectivity index (χ2v) is 4.81. The molecule has 1 fully saturated rings. The van der Waals surface area contributed by atoms with Gasteiger partial charge in [-0.15, -0.1) is 5.10 Å². The molecule has 96 valence electrons. The molecule has 5 nitrogen and oxygen atoms in total. The largest absolute Gasteiger partial charge is 0.625 e. The fourth-order valence-corrected chi connectivity index (χ4v) is 2.44. The molecular formula is C8H11F3N4OS. The molecule has 0 bridgehead atoms. The van der Waals surface area contributed by atoms with Crippen molar-refractivity contribution >= 4 is 16.5 Å². The number of quaternary nitrogens is 1. The van der Waals surface area contributed by atoms with Crippen molar-refractivity contribution in [3.8, 4) is 0 Å². The molecule has 2 heterocycles. The zero-order valence-corrected chi connectivity index (χ0v) is 9.88. The minimum absolute atomic E-state index is 0.117. The van der Waals surface area contributed by atoms with E-state index in [1.54, 1.807) is 0 Å². The van der Waals surface area contributed by atoms with Gasteiger partial charge in [0.15, 0.2) is 0 Å². The Hall–Kier alpha value is -0.770. The molecule has 0 aliphatic carbocycles. The SMILES string of the molecule is CCN1CC[N+]([O-])(c2nnc(C(F)(F)F)s2)C1. The van der Waals surface area contributed by atoms with Gasteiger partial charge in [-0.1, -0.05) is 12.0 Å². The van der Waals surface area contributed by atoms with Crippen LogP contribution in [0.3, 0.4) is 0 Å². The first-order valence-corrected chi connectivity index (χ1v) is 5.88. The Morgan fingerprint density at radius 2 is 2.18 bits per heavy atom. The van der Waals surface area contributed by atoms with E-state index in [-0.39, 0.29) is 18.3 Å². The molecule has 1 aliphatic heterocycles. The summed E-state index contributed by atoms with van der Waals surface area (Å²) in [6.45, 7) is 3.54. The van der Waals surface area contributed by atoms with Crippen molar-refractivity contribution in [1.82, 2.24) is 19.7 Å². The predicted molar refractivity (Wildman–Crippen MR) is 57.1 cm³/mol. The van der Waals surface area contributed by atoms with Crippen LogP contribution in [0.2, 0.25) is 0 Å². The highest BCUT2D eigenvalue weighted by molar-refractivity contribution is 7.15. The third kappa shape index (κ3) is 2.41. The summed E-state index contributed by atoms with van der Waals surface area (Å²) < 4.78 is 36.2. The van der Waals surface area contributed by atoms with Crippen LogP contribution in [0.15, 0.2) is 0 Å². The van der Waals surface area contributed by atoms with Gasteiger partial charge in [-0.25, -0.2) is 0 Å². The van der Waals surface area contributed by atoms with Gasteiger partial charge in [-0.2, -0.15) is 13.2 Å². The lowest BCUT2D eigenvalue weighted by Crippen LogP contribution is -2.42. The van der Waals surface area contributed by atoms with Crippen molar-refractivity contribution in [2.75, 3.05) is 26.3 Å². The number of hydrogen-bond acceptors (Lipinski definition) is 5. The van der Waals surface area contributed by atoms with Gasteiger partial charge in [0.1, 0.15) is 6.67 Å². The number of rotatable bonds is 2. The van der Waals surface area contributed by atoms with E-state index in [1.165, 1.54) is 0 Å². The van der Waals surface area contributed by atoms with Gasteiger partial charge in [0.05, 0.1) is 13.1 Å². The number of likely N-dealkylation sites (N-methyl/N-ethyl adjacent to an activating group) is 1. The first-order chi connectivity index (χ1) is 7.85. The van der Waals surface area contributed by atoms with Gasteiger partial charge >= 0.3 is 11.3 Å². The van der Waals surface area contributed by atoms with Gasteiger partial charge in [0.25, 0.3) is 0 Å². The summed E-state index contributed by atoms with van der Waals surface area (Å²) in [6, 6.07) is 0. The molecular weight excluding hydrogens is 257 g/mol. The van der Waals surface area contributed by atoms with Crippen LogP contribution in [-0.4, -0.2) is 41.4 Å². The Balaban J connectivity index is 2.21. The van der Waals surface area contributed by atoms with Gasteiger partial charge in [-0.05, 0) is 11.3 Å². The van der Waals surface area contributed by atoms with Crippen LogP contribution in [0.1, 0.15) is 11.9 Å². The van der Waals surface area contributed by atoms with Gasteiger partial charge < -0.3 is 5.21 Å². The summed E-state index contributed by atoms with van der Waals surface area (Å²) in [7, 11) is 0. The average Bonchev–Trinajstić information content (AvgIpc) is 2.83. The monoisotopic (exact) mass is 268 g/mol.